The van der Waals surface area contributed by atoms with Gasteiger partial charge < -0.3 is 14.8 Å². The minimum atomic E-state index is 0.787. The Labute approximate surface area is 151 Å². The molecule has 0 saturated carbocycles. The number of aryl methyl sites for hydroxylation is 1. The van der Waals surface area contributed by atoms with Gasteiger partial charge in [-0.3, -0.25) is 0 Å². The molecule has 6 heteroatoms. The molecule has 1 N–H and O–H groups in total. The molecule has 1 aromatic carbocycles. The minimum Gasteiger partial charge on any atom is -0.494 e. The average Bonchev–Trinajstić information content (AvgIpc) is 2.94. The molecule has 0 aliphatic heterocycles. The van der Waals surface area contributed by atoms with Crippen molar-refractivity contribution < 1.29 is 9.47 Å². The van der Waals surface area contributed by atoms with Gasteiger partial charge in [-0.1, -0.05) is 22.9 Å². The van der Waals surface area contributed by atoms with Gasteiger partial charge in [-0.05, 0) is 56.0 Å². The molecule has 2 rings (SSSR count). The Morgan fingerprint density at radius 2 is 2.09 bits per heavy atom. The summed E-state index contributed by atoms with van der Waals surface area (Å²) < 4.78 is 16.0. The van der Waals surface area contributed by atoms with Crippen molar-refractivity contribution in [3.63, 3.8) is 0 Å². The number of methoxy groups -OCH3 is 1. The van der Waals surface area contributed by atoms with E-state index >= 15 is 0 Å². The second-order valence-corrected chi connectivity index (χ2v) is 6.61. The zero-order chi connectivity index (χ0) is 16.9. The van der Waals surface area contributed by atoms with E-state index in [4.69, 9.17) is 9.47 Å². The summed E-state index contributed by atoms with van der Waals surface area (Å²) in [4.78, 5) is 0. The van der Waals surface area contributed by atoms with Crippen molar-refractivity contribution >= 4 is 37.5 Å². The monoisotopic (exact) mass is 402 g/mol. The smallest absolute Gasteiger partial charge is 0.120 e. The second-order valence-electron chi connectivity index (χ2n) is 5.02. The molecule has 0 aliphatic carbocycles. The fourth-order valence-electron chi connectivity index (χ4n) is 1.87. The standard InChI is InChI=1S/C12H14BrNOS.C5H13NO/c1-9-11-5-4-10(8-12(11)16-14-9)15-7-3-2-6-13;1-3-6-4-5-7-2/h4-5,8H,2-3,6-7H2,1H3;6H,3-5H2,1-2H3. The van der Waals surface area contributed by atoms with Crippen molar-refractivity contribution in [1.82, 2.24) is 9.69 Å². The Balaban J connectivity index is 0.000000322. The van der Waals surface area contributed by atoms with Gasteiger partial charge in [0.05, 0.1) is 23.6 Å². The number of unbranched alkanes of at least 4 members (excludes halogenated alkanes) is 1. The first kappa shape index (κ1) is 20.4. The number of fused-ring (bicyclic) bond motifs is 1. The van der Waals surface area contributed by atoms with Crippen molar-refractivity contribution in [1.29, 1.82) is 0 Å². The van der Waals surface area contributed by atoms with Gasteiger partial charge in [-0.15, -0.1) is 0 Å². The Hall–Kier alpha value is -0.690. The van der Waals surface area contributed by atoms with E-state index in [0.717, 1.165) is 55.9 Å². The van der Waals surface area contributed by atoms with Crippen LogP contribution in [0.1, 0.15) is 25.5 Å². The molecule has 2 aromatic rings. The van der Waals surface area contributed by atoms with Crippen molar-refractivity contribution in [2.75, 3.05) is 38.7 Å². The van der Waals surface area contributed by atoms with E-state index in [1.165, 1.54) is 21.6 Å². The fraction of sp³-hybridized carbons (Fsp3) is 0.588. The highest BCUT2D eigenvalue weighted by molar-refractivity contribution is 9.09. The number of alkyl halides is 1. The number of halogens is 1. The number of hydrogen-bond donors (Lipinski definition) is 1. The van der Waals surface area contributed by atoms with E-state index in [0.29, 0.717) is 0 Å². The summed E-state index contributed by atoms with van der Waals surface area (Å²) in [6.07, 6.45) is 2.24. The molecule has 0 spiro atoms. The van der Waals surface area contributed by atoms with Gasteiger partial charge in [-0.2, -0.15) is 4.37 Å². The maximum absolute atomic E-state index is 5.68. The van der Waals surface area contributed by atoms with E-state index < -0.39 is 0 Å². The molecular weight excluding hydrogens is 376 g/mol. The number of ether oxygens (including phenoxy) is 2. The summed E-state index contributed by atoms with van der Waals surface area (Å²) in [6, 6.07) is 6.19. The van der Waals surface area contributed by atoms with Crippen LogP contribution in [-0.4, -0.2) is 43.1 Å². The number of rotatable bonds is 9. The lowest BCUT2D eigenvalue weighted by atomic mass is 10.2. The van der Waals surface area contributed by atoms with Gasteiger partial charge in [-0.25, -0.2) is 0 Å². The molecule has 1 aromatic heterocycles. The quantitative estimate of drug-likeness (QED) is 0.498. The van der Waals surface area contributed by atoms with Crippen molar-refractivity contribution in [3.05, 3.63) is 23.9 Å². The van der Waals surface area contributed by atoms with Crippen molar-refractivity contribution in [2.24, 2.45) is 0 Å². The van der Waals surface area contributed by atoms with Gasteiger partial charge in [0.15, 0.2) is 0 Å². The number of likely N-dealkylation sites (N-methyl/N-ethyl adjacent to an activating group) is 1. The Morgan fingerprint density at radius 3 is 2.78 bits per heavy atom. The van der Waals surface area contributed by atoms with Crippen LogP contribution in [0.15, 0.2) is 18.2 Å². The zero-order valence-electron chi connectivity index (χ0n) is 14.2. The molecule has 0 radical (unpaired) electrons. The Kier molecular flexibility index (Phi) is 11.2. The molecule has 0 saturated heterocycles. The molecule has 4 nitrogen and oxygen atoms in total. The number of hydrogen-bond acceptors (Lipinski definition) is 5. The normalized spacial score (nSPS) is 10.4. The predicted molar refractivity (Wildman–Crippen MR) is 103 cm³/mol. The molecule has 0 atom stereocenters. The van der Waals surface area contributed by atoms with Crippen LogP contribution in [0.4, 0.5) is 0 Å². The van der Waals surface area contributed by atoms with Crippen LogP contribution < -0.4 is 10.1 Å². The van der Waals surface area contributed by atoms with Crippen molar-refractivity contribution in [2.45, 2.75) is 26.7 Å². The molecule has 0 bridgehead atoms. The summed E-state index contributed by atoms with van der Waals surface area (Å²) in [5, 5.41) is 5.40. The number of aromatic nitrogens is 1. The first-order valence-electron chi connectivity index (χ1n) is 7.97. The van der Waals surface area contributed by atoms with E-state index in [-0.39, 0.29) is 0 Å². The maximum atomic E-state index is 5.68. The highest BCUT2D eigenvalue weighted by Gasteiger charge is 2.03. The highest BCUT2D eigenvalue weighted by Crippen LogP contribution is 2.26. The van der Waals surface area contributed by atoms with Crippen LogP contribution in [0.25, 0.3) is 10.1 Å². The molecule has 0 fully saturated rings. The summed E-state index contributed by atoms with van der Waals surface area (Å²) in [5.74, 6) is 0.950. The topological polar surface area (TPSA) is 43.4 Å². The van der Waals surface area contributed by atoms with Crippen molar-refractivity contribution in [3.8, 4) is 5.75 Å². The Morgan fingerprint density at radius 1 is 1.26 bits per heavy atom. The third-order valence-electron chi connectivity index (χ3n) is 3.15. The van der Waals surface area contributed by atoms with Crippen LogP contribution in [0.3, 0.4) is 0 Å². The third-order valence-corrected chi connectivity index (χ3v) is 4.61. The molecular formula is C17H27BrN2O2S. The van der Waals surface area contributed by atoms with E-state index in [1.807, 2.05) is 13.0 Å². The fourth-order valence-corrected chi connectivity index (χ4v) is 3.08. The second kappa shape index (κ2) is 12.7. The molecule has 0 aliphatic rings. The van der Waals surface area contributed by atoms with Crippen LogP contribution in [-0.2, 0) is 4.74 Å². The van der Waals surface area contributed by atoms with Gasteiger partial charge in [0, 0.05) is 24.4 Å². The largest absolute Gasteiger partial charge is 0.494 e. The first-order valence-corrected chi connectivity index (χ1v) is 9.86. The number of nitrogens with one attached hydrogen (secondary N) is 1. The maximum Gasteiger partial charge on any atom is 0.120 e. The van der Waals surface area contributed by atoms with Gasteiger partial charge >= 0.3 is 0 Å². The molecule has 0 amide bonds. The van der Waals surface area contributed by atoms with Crippen LogP contribution in [0.5, 0.6) is 5.75 Å². The highest BCUT2D eigenvalue weighted by atomic mass is 79.9. The van der Waals surface area contributed by atoms with Gasteiger partial charge in [0.2, 0.25) is 0 Å². The van der Waals surface area contributed by atoms with Crippen LogP contribution in [0, 0.1) is 6.92 Å². The summed E-state index contributed by atoms with van der Waals surface area (Å²) in [7, 11) is 1.71. The minimum absolute atomic E-state index is 0.787. The summed E-state index contributed by atoms with van der Waals surface area (Å²) >= 11 is 4.94. The molecule has 23 heavy (non-hydrogen) atoms. The average molecular weight is 403 g/mol. The van der Waals surface area contributed by atoms with Gasteiger partial charge in [0.1, 0.15) is 5.75 Å². The molecule has 0 unspecified atom stereocenters. The Bertz CT molecular complexity index is 544. The number of benzene rings is 1. The van der Waals surface area contributed by atoms with E-state index in [9.17, 15) is 0 Å². The van der Waals surface area contributed by atoms with Crippen LogP contribution >= 0.6 is 27.5 Å². The van der Waals surface area contributed by atoms with Gasteiger partial charge in [0.25, 0.3) is 0 Å². The molecule has 1 heterocycles. The zero-order valence-corrected chi connectivity index (χ0v) is 16.6. The van der Waals surface area contributed by atoms with E-state index in [1.54, 1.807) is 7.11 Å². The van der Waals surface area contributed by atoms with Crippen LogP contribution in [0.2, 0.25) is 0 Å². The molecule has 130 valence electrons. The lowest BCUT2D eigenvalue weighted by Gasteiger charge is -2.05. The summed E-state index contributed by atoms with van der Waals surface area (Å²) in [6.45, 7) is 7.71. The lowest BCUT2D eigenvalue weighted by Crippen LogP contribution is -2.17. The number of nitrogens with zero attached hydrogens (tertiary/aromatic N) is 1. The SMILES string of the molecule is CCNCCOC.Cc1nsc2cc(OCCCCBr)ccc12. The predicted octanol–water partition coefficient (Wildman–Crippen LogP) is 4.40. The van der Waals surface area contributed by atoms with E-state index in [2.05, 4.69) is 44.7 Å². The summed E-state index contributed by atoms with van der Waals surface area (Å²) in [5.41, 5.74) is 1.10. The first-order chi connectivity index (χ1) is 11.2. The third kappa shape index (κ3) is 8.11. The lowest BCUT2D eigenvalue weighted by molar-refractivity contribution is 0.200.